The number of carbonyl (C=O) groups is 1. The zero-order valence-corrected chi connectivity index (χ0v) is 9.70. The Kier molecular flexibility index (Phi) is 2.37. The SMILES string of the molecule is Nc1ccsc1C(=O)N1CC2CCC(C1)O2. The molecular formula is C11H14N2O2S. The molecule has 3 heterocycles. The number of fused-ring (bicyclic) bond motifs is 2. The lowest BCUT2D eigenvalue weighted by molar-refractivity contribution is -0.0301. The molecule has 5 heteroatoms. The molecule has 1 aromatic heterocycles. The fraction of sp³-hybridized carbons (Fsp3) is 0.545. The highest BCUT2D eigenvalue weighted by Gasteiger charge is 2.36. The minimum Gasteiger partial charge on any atom is -0.397 e. The van der Waals surface area contributed by atoms with Gasteiger partial charge in [-0.2, -0.15) is 0 Å². The van der Waals surface area contributed by atoms with E-state index in [-0.39, 0.29) is 18.1 Å². The average Bonchev–Trinajstić information content (AvgIpc) is 2.84. The topological polar surface area (TPSA) is 55.6 Å². The van der Waals surface area contributed by atoms with Crippen LogP contribution in [-0.4, -0.2) is 36.1 Å². The first kappa shape index (κ1) is 10.1. The first-order valence-corrected chi connectivity index (χ1v) is 6.39. The van der Waals surface area contributed by atoms with Gasteiger partial charge < -0.3 is 15.4 Å². The Labute approximate surface area is 98.0 Å². The lowest BCUT2D eigenvalue weighted by atomic mass is 10.2. The Balaban J connectivity index is 1.79. The van der Waals surface area contributed by atoms with Crippen LogP contribution in [0.25, 0.3) is 0 Å². The zero-order chi connectivity index (χ0) is 11.1. The molecule has 0 aliphatic carbocycles. The van der Waals surface area contributed by atoms with Gasteiger partial charge in [-0.25, -0.2) is 0 Å². The maximum absolute atomic E-state index is 12.2. The predicted octanol–water partition coefficient (Wildman–Crippen LogP) is 1.33. The van der Waals surface area contributed by atoms with Crippen LogP contribution in [0.4, 0.5) is 5.69 Å². The number of nitrogens with zero attached hydrogens (tertiary/aromatic N) is 1. The standard InChI is InChI=1S/C11H14N2O2S/c12-9-3-4-16-10(9)11(14)13-5-7-1-2-8(6-13)15-7/h3-4,7-8H,1-2,5-6,12H2. The van der Waals surface area contributed by atoms with Crippen LogP contribution in [-0.2, 0) is 4.74 Å². The molecule has 2 atom stereocenters. The van der Waals surface area contributed by atoms with Gasteiger partial charge in [0.15, 0.2) is 0 Å². The molecule has 0 aromatic carbocycles. The van der Waals surface area contributed by atoms with E-state index in [2.05, 4.69) is 0 Å². The van der Waals surface area contributed by atoms with Gasteiger partial charge in [0.1, 0.15) is 4.88 Å². The number of thiophene rings is 1. The van der Waals surface area contributed by atoms with Crippen molar-refractivity contribution >= 4 is 22.9 Å². The highest BCUT2D eigenvalue weighted by atomic mass is 32.1. The number of likely N-dealkylation sites (tertiary alicyclic amines) is 1. The van der Waals surface area contributed by atoms with Crippen molar-refractivity contribution in [3.8, 4) is 0 Å². The van der Waals surface area contributed by atoms with Gasteiger partial charge in [0, 0.05) is 13.1 Å². The summed E-state index contributed by atoms with van der Waals surface area (Å²) < 4.78 is 5.70. The van der Waals surface area contributed by atoms with Crippen LogP contribution < -0.4 is 5.73 Å². The molecule has 4 nitrogen and oxygen atoms in total. The predicted molar refractivity (Wildman–Crippen MR) is 62.5 cm³/mol. The van der Waals surface area contributed by atoms with Crippen LogP contribution in [0.1, 0.15) is 22.5 Å². The summed E-state index contributed by atoms with van der Waals surface area (Å²) in [6, 6.07) is 1.78. The number of ether oxygens (including phenoxy) is 1. The molecule has 3 rings (SSSR count). The Morgan fingerprint density at radius 2 is 2.12 bits per heavy atom. The number of amides is 1. The van der Waals surface area contributed by atoms with Crippen molar-refractivity contribution in [2.45, 2.75) is 25.0 Å². The van der Waals surface area contributed by atoms with Gasteiger partial charge in [-0.1, -0.05) is 0 Å². The molecule has 2 fully saturated rings. The molecule has 2 aliphatic rings. The van der Waals surface area contributed by atoms with E-state index in [0.29, 0.717) is 23.7 Å². The van der Waals surface area contributed by atoms with Gasteiger partial charge in [0.05, 0.1) is 17.9 Å². The molecule has 2 bridgehead atoms. The lowest BCUT2D eigenvalue weighted by Gasteiger charge is -2.31. The fourth-order valence-corrected chi connectivity index (χ4v) is 3.20. The van der Waals surface area contributed by atoms with E-state index < -0.39 is 0 Å². The molecule has 2 unspecified atom stereocenters. The molecular weight excluding hydrogens is 224 g/mol. The van der Waals surface area contributed by atoms with E-state index in [9.17, 15) is 4.79 Å². The molecule has 2 aliphatic heterocycles. The smallest absolute Gasteiger partial charge is 0.266 e. The summed E-state index contributed by atoms with van der Waals surface area (Å²) in [5.41, 5.74) is 6.36. The second kappa shape index (κ2) is 3.75. The summed E-state index contributed by atoms with van der Waals surface area (Å²) in [5, 5.41) is 1.86. The molecule has 0 radical (unpaired) electrons. The monoisotopic (exact) mass is 238 g/mol. The third kappa shape index (κ3) is 1.60. The third-order valence-electron chi connectivity index (χ3n) is 3.22. The third-order valence-corrected chi connectivity index (χ3v) is 4.14. The number of carbonyl (C=O) groups excluding carboxylic acids is 1. The van der Waals surface area contributed by atoms with Crippen molar-refractivity contribution in [2.24, 2.45) is 0 Å². The van der Waals surface area contributed by atoms with E-state index in [1.54, 1.807) is 6.07 Å². The zero-order valence-electron chi connectivity index (χ0n) is 8.89. The van der Waals surface area contributed by atoms with E-state index in [4.69, 9.17) is 10.5 Å². The van der Waals surface area contributed by atoms with Crippen LogP contribution >= 0.6 is 11.3 Å². The van der Waals surface area contributed by atoms with Crippen molar-refractivity contribution in [2.75, 3.05) is 18.8 Å². The van der Waals surface area contributed by atoms with Gasteiger partial charge in [0.2, 0.25) is 0 Å². The minimum absolute atomic E-state index is 0.0627. The van der Waals surface area contributed by atoms with E-state index >= 15 is 0 Å². The van der Waals surface area contributed by atoms with E-state index in [1.165, 1.54) is 11.3 Å². The average molecular weight is 238 g/mol. The molecule has 1 aromatic rings. The second-order valence-corrected chi connectivity index (χ2v) is 5.29. The Morgan fingerprint density at radius 3 is 2.69 bits per heavy atom. The number of hydrogen-bond donors (Lipinski definition) is 1. The van der Waals surface area contributed by atoms with Gasteiger partial charge >= 0.3 is 0 Å². The molecule has 0 spiro atoms. The quantitative estimate of drug-likeness (QED) is 0.803. The van der Waals surface area contributed by atoms with Crippen molar-refractivity contribution in [1.82, 2.24) is 4.90 Å². The van der Waals surface area contributed by atoms with Crippen molar-refractivity contribution in [3.63, 3.8) is 0 Å². The van der Waals surface area contributed by atoms with Crippen molar-refractivity contribution in [1.29, 1.82) is 0 Å². The summed E-state index contributed by atoms with van der Waals surface area (Å²) >= 11 is 1.42. The van der Waals surface area contributed by atoms with Crippen LogP contribution in [0.15, 0.2) is 11.4 Å². The number of rotatable bonds is 1. The van der Waals surface area contributed by atoms with Crippen molar-refractivity contribution in [3.05, 3.63) is 16.3 Å². The molecule has 0 saturated carbocycles. The largest absolute Gasteiger partial charge is 0.397 e. The summed E-state index contributed by atoms with van der Waals surface area (Å²) in [4.78, 5) is 14.8. The Bertz CT molecular complexity index is 406. The maximum atomic E-state index is 12.2. The molecule has 2 saturated heterocycles. The summed E-state index contributed by atoms with van der Waals surface area (Å²) in [6.45, 7) is 1.43. The number of nitrogen functional groups attached to an aromatic ring is 1. The van der Waals surface area contributed by atoms with Crippen LogP contribution in [0.3, 0.4) is 0 Å². The lowest BCUT2D eigenvalue weighted by Crippen LogP contribution is -2.45. The first-order chi connectivity index (χ1) is 7.74. The van der Waals surface area contributed by atoms with E-state index in [1.807, 2.05) is 10.3 Å². The second-order valence-electron chi connectivity index (χ2n) is 4.37. The fourth-order valence-electron chi connectivity index (χ4n) is 2.42. The molecule has 86 valence electrons. The normalized spacial score (nSPS) is 28.4. The van der Waals surface area contributed by atoms with Crippen molar-refractivity contribution < 1.29 is 9.53 Å². The summed E-state index contributed by atoms with van der Waals surface area (Å²) in [7, 11) is 0. The Morgan fingerprint density at radius 1 is 1.44 bits per heavy atom. The van der Waals surface area contributed by atoms with Gasteiger partial charge in [-0.15, -0.1) is 11.3 Å². The maximum Gasteiger partial charge on any atom is 0.266 e. The molecule has 1 amide bonds. The number of anilines is 1. The van der Waals surface area contributed by atoms with Crippen LogP contribution in [0, 0.1) is 0 Å². The summed E-state index contributed by atoms with van der Waals surface area (Å²) in [5.74, 6) is 0.0627. The minimum atomic E-state index is 0.0627. The van der Waals surface area contributed by atoms with Crippen LogP contribution in [0.5, 0.6) is 0 Å². The van der Waals surface area contributed by atoms with Crippen LogP contribution in [0.2, 0.25) is 0 Å². The molecule has 16 heavy (non-hydrogen) atoms. The molecule has 2 N–H and O–H groups in total. The number of nitrogens with two attached hydrogens (primary N) is 1. The van der Waals surface area contributed by atoms with E-state index in [0.717, 1.165) is 12.8 Å². The Hall–Kier alpha value is -1.07. The summed E-state index contributed by atoms with van der Waals surface area (Å²) in [6.07, 6.45) is 2.63. The first-order valence-electron chi connectivity index (χ1n) is 5.52. The number of morpholine rings is 1. The van der Waals surface area contributed by atoms with Gasteiger partial charge in [0.25, 0.3) is 5.91 Å². The number of hydrogen-bond acceptors (Lipinski definition) is 4. The van der Waals surface area contributed by atoms with Gasteiger partial charge in [-0.3, -0.25) is 4.79 Å². The highest BCUT2D eigenvalue weighted by molar-refractivity contribution is 7.12. The highest BCUT2D eigenvalue weighted by Crippen LogP contribution is 2.29. The van der Waals surface area contributed by atoms with Gasteiger partial charge in [-0.05, 0) is 24.3 Å².